The van der Waals surface area contributed by atoms with E-state index in [9.17, 15) is 19.8 Å². The predicted molar refractivity (Wildman–Crippen MR) is 189 cm³/mol. The number of aliphatic hydroxyl groups excluding tert-OH is 1. The minimum absolute atomic E-state index is 0.0925. The second kappa shape index (κ2) is 12.7. The van der Waals surface area contributed by atoms with Gasteiger partial charge in [0.1, 0.15) is 17.3 Å². The van der Waals surface area contributed by atoms with E-state index in [0.29, 0.717) is 23.6 Å². The number of aliphatic hydroxyl groups is 1. The minimum atomic E-state index is -2.58. The monoisotopic (exact) mass is 662 g/mol. The first kappa shape index (κ1) is 31.8. The molecule has 0 aliphatic carbocycles. The number of carbonyl (C=O) groups excluding carboxylic acids is 4. The molecular formula is C41H30N2O7. The molecule has 0 saturated carbocycles. The second-order valence-electron chi connectivity index (χ2n) is 11.6. The lowest BCUT2D eigenvalue weighted by Gasteiger charge is -2.36. The largest absolute Gasteiger partial charge is 0.507 e. The fourth-order valence-corrected chi connectivity index (χ4v) is 6.67. The van der Waals surface area contributed by atoms with Crippen LogP contribution in [0.1, 0.15) is 28.4 Å². The smallest absolute Gasteiger partial charge is 0.300 e. The lowest BCUT2D eigenvalue weighted by molar-refractivity contribution is -0.132. The van der Waals surface area contributed by atoms with E-state index in [1.807, 2.05) is 6.92 Å². The zero-order chi connectivity index (χ0) is 35.0. The van der Waals surface area contributed by atoms with Crippen LogP contribution in [0.5, 0.6) is 11.5 Å². The number of hydrogen-bond acceptors (Lipinski definition) is 7. The lowest BCUT2D eigenvalue weighted by atomic mass is 9.77. The Kier molecular flexibility index (Phi) is 8.09. The fraction of sp³-hybridized carbons (Fsp3) is 0.0732. The van der Waals surface area contributed by atoms with Gasteiger partial charge in [0.05, 0.1) is 29.1 Å². The highest BCUT2D eigenvalue weighted by molar-refractivity contribution is 6.57. The molecule has 1 spiro atoms. The zero-order valence-corrected chi connectivity index (χ0v) is 26.8. The summed E-state index contributed by atoms with van der Waals surface area (Å²) in [6.45, 7) is 2.25. The number of para-hydroxylation sites is 2. The molecule has 2 amide bonds. The zero-order valence-electron chi connectivity index (χ0n) is 26.8. The molecular weight excluding hydrogens is 632 g/mol. The predicted octanol–water partition coefficient (Wildman–Crippen LogP) is 6.76. The van der Waals surface area contributed by atoms with Crippen LogP contribution in [0.2, 0.25) is 0 Å². The molecule has 1 fully saturated rings. The molecule has 7 rings (SSSR count). The van der Waals surface area contributed by atoms with E-state index >= 15 is 9.59 Å². The van der Waals surface area contributed by atoms with Gasteiger partial charge >= 0.3 is 5.91 Å². The molecule has 2 aliphatic rings. The Hall–Kier alpha value is -6.74. The summed E-state index contributed by atoms with van der Waals surface area (Å²) in [6.07, 6.45) is 0. The van der Waals surface area contributed by atoms with Crippen molar-refractivity contribution in [3.05, 3.63) is 167 Å². The van der Waals surface area contributed by atoms with Gasteiger partial charge in [-0.05, 0) is 48.9 Å². The summed E-state index contributed by atoms with van der Waals surface area (Å²) < 4.78 is 5.65. The molecule has 2 aliphatic heterocycles. The minimum Gasteiger partial charge on any atom is -0.507 e. The first-order valence-corrected chi connectivity index (χ1v) is 15.9. The quantitative estimate of drug-likeness (QED) is 0.0815. The van der Waals surface area contributed by atoms with Crippen LogP contribution >= 0.6 is 0 Å². The van der Waals surface area contributed by atoms with E-state index in [1.165, 1.54) is 41.3 Å². The van der Waals surface area contributed by atoms with Crippen LogP contribution in [0.4, 0.5) is 11.4 Å². The molecule has 0 radical (unpaired) electrons. The number of anilines is 2. The van der Waals surface area contributed by atoms with E-state index < -0.39 is 46.0 Å². The molecule has 1 saturated heterocycles. The Morgan fingerprint density at radius 2 is 1.28 bits per heavy atom. The van der Waals surface area contributed by atoms with E-state index in [-0.39, 0.29) is 28.1 Å². The number of rotatable bonds is 8. The molecule has 1 atom stereocenters. The average molecular weight is 663 g/mol. The Morgan fingerprint density at radius 3 is 1.88 bits per heavy atom. The van der Waals surface area contributed by atoms with Gasteiger partial charge in [-0.2, -0.15) is 0 Å². The van der Waals surface area contributed by atoms with Crippen molar-refractivity contribution in [3.8, 4) is 11.5 Å². The number of phenolic OH excluding ortho intramolecular Hbond substituents is 1. The van der Waals surface area contributed by atoms with Gasteiger partial charge in [0, 0.05) is 16.8 Å². The van der Waals surface area contributed by atoms with Crippen LogP contribution in [-0.4, -0.2) is 45.7 Å². The summed E-state index contributed by atoms with van der Waals surface area (Å²) in [6, 6.07) is 37.3. The van der Waals surface area contributed by atoms with Gasteiger partial charge in [-0.15, -0.1) is 0 Å². The second-order valence-corrected chi connectivity index (χ2v) is 11.6. The van der Waals surface area contributed by atoms with E-state index in [4.69, 9.17) is 4.74 Å². The van der Waals surface area contributed by atoms with Crippen LogP contribution in [0.3, 0.4) is 0 Å². The molecule has 0 aromatic heterocycles. The van der Waals surface area contributed by atoms with Crippen molar-refractivity contribution in [1.29, 1.82) is 0 Å². The Labute approximate surface area is 287 Å². The summed E-state index contributed by atoms with van der Waals surface area (Å²) in [5.41, 5.74) is -2.52. The van der Waals surface area contributed by atoms with Crippen molar-refractivity contribution in [3.63, 3.8) is 0 Å². The summed E-state index contributed by atoms with van der Waals surface area (Å²) in [5, 5.41) is 23.3. The highest BCUT2D eigenvalue weighted by Gasteiger charge is 2.70. The number of ketones is 2. The van der Waals surface area contributed by atoms with Gasteiger partial charge in [-0.3, -0.25) is 29.0 Å². The molecule has 9 heteroatoms. The molecule has 5 aromatic rings. The first-order chi connectivity index (χ1) is 24.3. The summed E-state index contributed by atoms with van der Waals surface area (Å²) >= 11 is 0. The van der Waals surface area contributed by atoms with Gasteiger partial charge in [0.15, 0.2) is 11.3 Å². The molecule has 2 N–H and O–H groups in total. The Bertz CT molecular complexity index is 2210. The van der Waals surface area contributed by atoms with E-state index in [1.54, 1.807) is 103 Å². The number of phenols is 1. The van der Waals surface area contributed by atoms with Crippen LogP contribution in [0.25, 0.3) is 11.5 Å². The maximum absolute atomic E-state index is 15.7. The molecule has 2 heterocycles. The van der Waals surface area contributed by atoms with Gasteiger partial charge < -0.3 is 14.9 Å². The summed E-state index contributed by atoms with van der Waals surface area (Å²) in [5.74, 6) is -4.53. The standard InChI is InChI=1S/C41H30N2O7/c1-2-50-30-24-22-29(23-25-30)42-35(26-14-6-3-7-15-26)33(36(45)27-16-8-4-9-17-27)41(40(42)49)34(37(46)28-18-10-5-11-19-28)38(47)39(48)43(41)31-20-12-13-21-32(31)44/h3-25,44,46H,2H2,1H3/b37-34-. The number of benzene rings is 5. The van der Waals surface area contributed by atoms with Crippen LogP contribution in [-0.2, 0) is 14.4 Å². The van der Waals surface area contributed by atoms with Crippen LogP contribution in [0, 0.1) is 0 Å². The first-order valence-electron chi connectivity index (χ1n) is 15.9. The molecule has 246 valence electrons. The van der Waals surface area contributed by atoms with Crippen molar-refractivity contribution in [2.24, 2.45) is 0 Å². The number of ether oxygens (including phenoxy) is 1. The topological polar surface area (TPSA) is 124 Å². The SMILES string of the molecule is CCOc1ccc(N2C(=O)C3(C(C(=O)c4ccccc4)=C2c2ccccc2)/C(=C(\O)c2ccccc2)C(=O)C(=O)N3c2ccccc2O)cc1. The Balaban J connectivity index is 1.68. The van der Waals surface area contributed by atoms with Gasteiger partial charge in [-0.25, -0.2) is 0 Å². The van der Waals surface area contributed by atoms with E-state index in [2.05, 4.69) is 0 Å². The molecule has 1 unspecified atom stereocenters. The highest BCUT2D eigenvalue weighted by Crippen LogP contribution is 2.55. The third-order valence-electron chi connectivity index (χ3n) is 8.78. The number of aromatic hydroxyl groups is 1. The maximum atomic E-state index is 15.7. The third-order valence-corrected chi connectivity index (χ3v) is 8.78. The van der Waals surface area contributed by atoms with Crippen molar-refractivity contribution < 1.29 is 34.1 Å². The van der Waals surface area contributed by atoms with Gasteiger partial charge in [0.2, 0.25) is 0 Å². The van der Waals surface area contributed by atoms with Crippen molar-refractivity contribution >= 4 is 46.2 Å². The van der Waals surface area contributed by atoms with Crippen LogP contribution in [0.15, 0.2) is 151 Å². The Morgan fingerprint density at radius 1 is 0.720 bits per heavy atom. The summed E-state index contributed by atoms with van der Waals surface area (Å²) in [4.78, 5) is 61.9. The highest BCUT2D eigenvalue weighted by atomic mass is 16.5. The van der Waals surface area contributed by atoms with Crippen molar-refractivity contribution in [2.45, 2.75) is 12.5 Å². The van der Waals surface area contributed by atoms with E-state index in [0.717, 1.165) is 4.90 Å². The average Bonchev–Trinajstić information content (AvgIpc) is 3.55. The summed E-state index contributed by atoms with van der Waals surface area (Å²) in [7, 11) is 0. The maximum Gasteiger partial charge on any atom is 0.300 e. The lowest BCUT2D eigenvalue weighted by Crippen LogP contribution is -2.56. The fourth-order valence-electron chi connectivity index (χ4n) is 6.67. The third kappa shape index (κ3) is 4.86. The van der Waals surface area contributed by atoms with Crippen molar-refractivity contribution in [2.75, 3.05) is 16.4 Å². The normalized spacial score (nSPS) is 18.3. The number of Topliss-reactive ketones (excluding diaryl/α,β-unsaturated/α-hetero) is 2. The van der Waals surface area contributed by atoms with Crippen molar-refractivity contribution in [1.82, 2.24) is 0 Å². The molecule has 9 nitrogen and oxygen atoms in total. The van der Waals surface area contributed by atoms with Gasteiger partial charge in [0.25, 0.3) is 11.7 Å². The van der Waals surface area contributed by atoms with Gasteiger partial charge in [-0.1, -0.05) is 103 Å². The number of carbonyl (C=O) groups is 4. The molecule has 5 aromatic carbocycles. The number of hydrogen-bond donors (Lipinski definition) is 2. The molecule has 0 bridgehead atoms. The van der Waals surface area contributed by atoms with Crippen LogP contribution < -0.4 is 14.5 Å². The molecule has 50 heavy (non-hydrogen) atoms. The number of nitrogens with zero attached hydrogens (tertiary/aromatic N) is 2. The number of amides is 2.